The normalized spacial score (nSPS) is 17.0. The van der Waals surface area contributed by atoms with E-state index in [1.807, 2.05) is 41.3 Å². The summed E-state index contributed by atoms with van der Waals surface area (Å²) in [5.74, 6) is 0.199. The number of hydrogen-bond acceptors (Lipinski definition) is 3. The molecular formula is C19H19ClN2O2S. The third kappa shape index (κ3) is 3.99. The van der Waals surface area contributed by atoms with Gasteiger partial charge in [-0.25, -0.2) is 0 Å². The molecule has 1 fully saturated rings. The fourth-order valence-electron chi connectivity index (χ4n) is 2.81. The van der Waals surface area contributed by atoms with Gasteiger partial charge in [-0.3, -0.25) is 14.5 Å². The van der Waals surface area contributed by atoms with Crippen molar-refractivity contribution >= 4 is 46.6 Å². The lowest BCUT2D eigenvalue weighted by atomic mass is 10.1. The van der Waals surface area contributed by atoms with Gasteiger partial charge in [-0.1, -0.05) is 31.2 Å². The summed E-state index contributed by atoms with van der Waals surface area (Å²) in [5.41, 5.74) is 3.80. The van der Waals surface area contributed by atoms with Gasteiger partial charge < -0.3 is 5.32 Å². The zero-order valence-corrected chi connectivity index (χ0v) is 15.4. The van der Waals surface area contributed by atoms with Gasteiger partial charge in [-0.2, -0.15) is 0 Å². The molecule has 130 valence electrons. The summed E-state index contributed by atoms with van der Waals surface area (Å²) in [6, 6.07) is 15.7. The van der Waals surface area contributed by atoms with Gasteiger partial charge in [0.25, 0.3) is 0 Å². The summed E-state index contributed by atoms with van der Waals surface area (Å²) < 4.78 is 0. The van der Waals surface area contributed by atoms with Crippen molar-refractivity contribution in [2.75, 3.05) is 21.8 Å². The van der Waals surface area contributed by atoms with Gasteiger partial charge in [0.15, 0.2) is 0 Å². The van der Waals surface area contributed by atoms with Gasteiger partial charge in [0.2, 0.25) is 11.8 Å². The van der Waals surface area contributed by atoms with E-state index in [0.717, 1.165) is 17.7 Å². The van der Waals surface area contributed by atoms with E-state index in [2.05, 4.69) is 24.4 Å². The first kappa shape index (κ1) is 17.8. The van der Waals surface area contributed by atoms with Crippen LogP contribution >= 0.6 is 23.4 Å². The Morgan fingerprint density at radius 2 is 2.04 bits per heavy atom. The second-order valence-corrected chi connectivity index (χ2v) is 7.09. The Balaban J connectivity index is 1.88. The van der Waals surface area contributed by atoms with Crippen LogP contribution in [0.25, 0.3) is 0 Å². The molecule has 2 amide bonds. The molecule has 0 radical (unpaired) electrons. The Hall–Kier alpha value is -1.98. The maximum atomic E-state index is 12.4. The van der Waals surface area contributed by atoms with Crippen LogP contribution in [0, 0.1) is 0 Å². The lowest BCUT2D eigenvalue weighted by molar-refractivity contribution is -0.116. The summed E-state index contributed by atoms with van der Waals surface area (Å²) >= 11 is 7.13. The first-order valence-electron chi connectivity index (χ1n) is 8.10. The quantitative estimate of drug-likeness (QED) is 0.798. The zero-order valence-electron chi connectivity index (χ0n) is 13.9. The molecule has 1 atom stereocenters. The Bertz CT molecular complexity index is 779. The van der Waals surface area contributed by atoms with Crippen LogP contribution in [0.2, 0.25) is 0 Å². The van der Waals surface area contributed by atoms with E-state index in [0.29, 0.717) is 11.4 Å². The number of hydrogen-bond donors (Lipinski definition) is 1. The van der Waals surface area contributed by atoms with Crippen LogP contribution in [0.15, 0.2) is 48.5 Å². The molecule has 6 heteroatoms. The standard InChI is InChI=1S/C19H19ClN2O2S/c1-2-13-6-8-16(9-7-13)22-18(24)12-25-19(22)14-4-3-5-15(10-14)21-17(23)11-20/h3-10,19H,2,11-12H2,1H3,(H,21,23). The number of nitrogens with one attached hydrogen (secondary N) is 1. The largest absolute Gasteiger partial charge is 0.325 e. The van der Waals surface area contributed by atoms with Crippen LogP contribution in [0.5, 0.6) is 0 Å². The monoisotopic (exact) mass is 374 g/mol. The van der Waals surface area contributed by atoms with Crippen molar-refractivity contribution in [1.82, 2.24) is 0 Å². The number of alkyl halides is 1. The molecule has 3 rings (SSSR count). The molecule has 0 saturated carbocycles. The third-order valence-corrected chi connectivity index (χ3v) is 5.52. The molecule has 25 heavy (non-hydrogen) atoms. The smallest absolute Gasteiger partial charge is 0.239 e. The van der Waals surface area contributed by atoms with Crippen LogP contribution in [0.4, 0.5) is 11.4 Å². The number of thioether (sulfide) groups is 1. The topological polar surface area (TPSA) is 49.4 Å². The molecule has 0 bridgehead atoms. The van der Waals surface area contributed by atoms with Gasteiger partial charge in [0.1, 0.15) is 11.3 Å². The molecule has 2 aromatic carbocycles. The number of carbonyl (C=O) groups excluding carboxylic acids is 2. The van der Waals surface area contributed by atoms with E-state index >= 15 is 0 Å². The van der Waals surface area contributed by atoms with Crippen molar-refractivity contribution < 1.29 is 9.59 Å². The Morgan fingerprint density at radius 3 is 2.72 bits per heavy atom. The predicted molar refractivity (Wildman–Crippen MR) is 104 cm³/mol. The molecule has 0 aromatic heterocycles. The predicted octanol–water partition coefficient (Wildman–Crippen LogP) is 4.20. The number of aryl methyl sites for hydroxylation is 1. The van der Waals surface area contributed by atoms with E-state index < -0.39 is 0 Å². The average molecular weight is 375 g/mol. The minimum atomic E-state index is -0.249. The van der Waals surface area contributed by atoms with Gasteiger partial charge >= 0.3 is 0 Å². The maximum Gasteiger partial charge on any atom is 0.239 e. The third-order valence-electron chi connectivity index (χ3n) is 4.07. The minimum absolute atomic E-state index is 0.0865. The number of benzene rings is 2. The number of nitrogens with zero attached hydrogens (tertiary/aromatic N) is 1. The molecule has 1 N–H and O–H groups in total. The SMILES string of the molecule is CCc1ccc(N2C(=O)CSC2c2cccc(NC(=O)CCl)c2)cc1. The summed E-state index contributed by atoms with van der Waals surface area (Å²) in [7, 11) is 0. The van der Waals surface area contributed by atoms with Crippen LogP contribution in [0.1, 0.15) is 23.4 Å². The van der Waals surface area contributed by atoms with Crippen molar-refractivity contribution in [1.29, 1.82) is 0 Å². The van der Waals surface area contributed by atoms with Gasteiger partial charge in [-0.05, 0) is 41.8 Å². The molecule has 1 aliphatic heterocycles. The maximum absolute atomic E-state index is 12.4. The lowest BCUT2D eigenvalue weighted by Crippen LogP contribution is -2.27. The fourth-order valence-corrected chi connectivity index (χ4v) is 4.04. The first-order chi connectivity index (χ1) is 12.1. The zero-order chi connectivity index (χ0) is 17.8. The van der Waals surface area contributed by atoms with Crippen molar-refractivity contribution in [3.63, 3.8) is 0 Å². The lowest BCUT2D eigenvalue weighted by Gasteiger charge is -2.25. The highest BCUT2D eigenvalue weighted by Gasteiger charge is 2.34. The van der Waals surface area contributed by atoms with Gasteiger partial charge in [0.05, 0.1) is 5.75 Å². The van der Waals surface area contributed by atoms with E-state index in [4.69, 9.17) is 11.6 Å². The molecule has 1 heterocycles. The second kappa shape index (κ2) is 7.93. The first-order valence-corrected chi connectivity index (χ1v) is 9.69. The molecule has 0 spiro atoms. The Labute approximate surface area is 156 Å². The highest BCUT2D eigenvalue weighted by molar-refractivity contribution is 8.00. The number of amides is 2. The van der Waals surface area contributed by atoms with E-state index in [1.165, 1.54) is 5.56 Å². The summed E-state index contributed by atoms with van der Waals surface area (Å²) in [6.07, 6.45) is 0.967. The molecule has 1 unspecified atom stereocenters. The number of rotatable bonds is 5. The fraction of sp³-hybridized carbons (Fsp3) is 0.263. The van der Waals surface area contributed by atoms with Crippen LogP contribution < -0.4 is 10.2 Å². The Kier molecular flexibility index (Phi) is 5.66. The molecule has 2 aromatic rings. The molecule has 0 aliphatic carbocycles. The van der Waals surface area contributed by atoms with Crippen molar-refractivity contribution in [2.45, 2.75) is 18.7 Å². The summed E-state index contributed by atoms with van der Waals surface area (Å²) in [6.45, 7) is 2.11. The number of carbonyl (C=O) groups is 2. The number of halogens is 1. The number of anilines is 2. The van der Waals surface area contributed by atoms with Crippen molar-refractivity contribution in [2.24, 2.45) is 0 Å². The van der Waals surface area contributed by atoms with E-state index in [-0.39, 0.29) is 23.1 Å². The molecule has 1 aliphatic rings. The minimum Gasteiger partial charge on any atom is -0.325 e. The van der Waals surface area contributed by atoms with Gasteiger partial charge in [0, 0.05) is 11.4 Å². The Morgan fingerprint density at radius 1 is 1.28 bits per heavy atom. The summed E-state index contributed by atoms with van der Waals surface area (Å²) in [5, 5.41) is 2.65. The highest BCUT2D eigenvalue weighted by atomic mass is 35.5. The molecule has 4 nitrogen and oxygen atoms in total. The second-order valence-electron chi connectivity index (χ2n) is 5.75. The van der Waals surface area contributed by atoms with Crippen LogP contribution in [-0.4, -0.2) is 23.4 Å². The van der Waals surface area contributed by atoms with Crippen molar-refractivity contribution in [3.8, 4) is 0 Å². The van der Waals surface area contributed by atoms with Crippen LogP contribution in [0.3, 0.4) is 0 Å². The van der Waals surface area contributed by atoms with E-state index in [9.17, 15) is 9.59 Å². The molecule has 1 saturated heterocycles. The van der Waals surface area contributed by atoms with Crippen LogP contribution in [-0.2, 0) is 16.0 Å². The van der Waals surface area contributed by atoms with E-state index in [1.54, 1.807) is 11.8 Å². The van der Waals surface area contributed by atoms with Crippen molar-refractivity contribution in [3.05, 3.63) is 59.7 Å². The average Bonchev–Trinajstić information content (AvgIpc) is 3.03. The highest BCUT2D eigenvalue weighted by Crippen LogP contribution is 2.42. The molecular weight excluding hydrogens is 356 g/mol. The van der Waals surface area contributed by atoms with Gasteiger partial charge in [-0.15, -0.1) is 23.4 Å². The summed E-state index contributed by atoms with van der Waals surface area (Å²) in [4.78, 5) is 25.8.